The largest absolute Gasteiger partial charge is 0.270 e. The summed E-state index contributed by atoms with van der Waals surface area (Å²) in [6.45, 7) is 0. The number of nitrogens with one attached hydrogen (secondary N) is 1. The molecule has 0 aliphatic rings. The smallest absolute Gasteiger partial charge is 0.267 e. The summed E-state index contributed by atoms with van der Waals surface area (Å²) in [5, 5.41) is 10.1. The Morgan fingerprint density at radius 1 is 1.09 bits per heavy atom. The Bertz CT molecular complexity index is 963. The van der Waals surface area contributed by atoms with Crippen LogP contribution in [-0.4, -0.2) is 25.8 Å². The fourth-order valence-electron chi connectivity index (χ4n) is 2.35. The number of hydrogen-bond acceptors (Lipinski definition) is 5. The van der Waals surface area contributed by atoms with Crippen molar-refractivity contribution in [3.05, 3.63) is 66.1 Å². The molecule has 6 nitrogen and oxygen atoms in total. The van der Waals surface area contributed by atoms with Gasteiger partial charge in [0.05, 0.1) is 21.7 Å². The van der Waals surface area contributed by atoms with Gasteiger partial charge in [0.15, 0.2) is 0 Å². The van der Waals surface area contributed by atoms with Crippen molar-refractivity contribution in [3.63, 3.8) is 0 Å². The first kappa shape index (κ1) is 13.6. The van der Waals surface area contributed by atoms with Crippen molar-refractivity contribution in [3.8, 4) is 10.6 Å². The predicted octanol–water partition coefficient (Wildman–Crippen LogP) is 2.94. The molecule has 4 aromatic rings. The molecule has 0 saturated carbocycles. The lowest BCUT2D eigenvalue weighted by Crippen LogP contribution is -2.22. The molecule has 23 heavy (non-hydrogen) atoms. The van der Waals surface area contributed by atoms with Crippen LogP contribution >= 0.6 is 11.3 Å². The molecule has 4 rings (SSSR count). The second-order valence-electron chi connectivity index (χ2n) is 4.86. The van der Waals surface area contributed by atoms with E-state index in [4.69, 9.17) is 0 Å². The molecule has 0 atom stereocenters. The van der Waals surface area contributed by atoms with E-state index in [0.717, 1.165) is 21.5 Å². The minimum Gasteiger partial charge on any atom is -0.267 e. The zero-order valence-corrected chi connectivity index (χ0v) is 12.7. The van der Waals surface area contributed by atoms with Gasteiger partial charge in [-0.15, -0.1) is 21.5 Å². The van der Waals surface area contributed by atoms with E-state index in [9.17, 15) is 4.79 Å². The van der Waals surface area contributed by atoms with Gasteiger partial charge in [-0.3, -0.25) is 10.2 Å². The number of amides is 1. The quantitative estimate of drug-likeness (QED) is 0.629. The average molecular weight is 321 g/mol. The molecule has 0 aliphatic carbocycles. The van der Waals surface area contributed by atoms with Crippen LogP contribution in [0.15, 0.2) is 60.5 Å². The highest BCUT2D eigenvalue weighted by molar-refractivity contribution is 7.13. The first-order chi connectivity index (χ1) is 11.3. The zero-order chi connectivity index (χ0) is 15.6. The Hall–Kier alpha value is -3.06. The van der Waals surface area contributed by atoms with E-state index in [1.807, 2.05) is 47.8 Å². The number of pyridine rings is 1. The number of carbonyl (C=O) groups excluding carboxylic acids is 1. The first-order valence-corrected chi connectivity index (χ1v) is 7.79. The van der Waals surface area contributed by atoms with Crippen molar-refractivity contribution in [1.82, 2.24) is 19.9 Å². The van der Waals surface area contributed by atoms with Gasteiger partial charge in [-0.1, -0.05) is 24.3 Å². The van der Waals surface area contributed by atoms with E-state index in [0.29, 0.717) is 5.56 Å². The number of rotatable bonds is 3. The molecule has 3 aromatic heterocycles. The second kappa shape index (κ2) is 5.62. The van der Waals surface area contributed by atoms with E-state index >= 15 is 0 Å². The molecule has 0 aliphatic heterocycles. The number of fused-ring (bicyclic) bond motifs is 1. The van der Waals surface area contributed by atoms with Crippen LogP contribution in [0.2, 0.25) is 0 Å². The van der Waals surface area contributed by atoms with Crippen molar-refractivity contribution >= 4 is 28.1 Å². The minimum atomic E-state index is -0.235. The number of carbonyl (C=O) groups is 1. The molecule has 1 aromatic carbocycles. The highest BCUT2D eigenvalue weighted by Crippen LogP contribution is 2.27. The number of hydrogen-bond donors (Lipinski definition) is 1. The molecule has 3 heterocycles. The van der Waals surface area contributed by atoms with Crippen molar-refractivity contribution in [2.45, 2.75) is 0 Å². The maximum absolute atomic E-state index is 12.6. The van der Waals surface area contributed by atoms with E-state index in [1.54, 1.807) is 11.3 Å². The standard InChI is InChI=1S/C16H11N5OS/c22-16(20-21-9-17-18-10-21)12-8-14(15-6-3-7-23-15)19-13-5-2-1-4-11(12)13/h1-10H,(H,20,22). The summed E-state index contributed by atoms with van der Waals surface area (Å²) in [5.74, 6) is -0.235. The van der Waals surface area contributed by atoms with Crippen molar-refractivity contribution in [2.24, 2.45) is 0 Å². The molecule has 0 spiro atoms. The number of thiophene rings is 1. The van der Waals surface area contributed by atoms with Crippen LogP contribution in [0.1, 0.15) is 10.4 Å². The summed E-state index contributed by atoms with van der Waals surface area (Å²) in [4.78, 5) is 18.3. The third-order valence-corrected chi connectivity index (χ3v) is 4.28. The Balaban J connectivity index is 1.85. The number of aromatic nitrogens is 4. The maximum Gasteiger partial charge on any atom is 0.270 e. The Morgan fingerprint density at radius 2 is 1.91 bits per heavy atom. The van der Waals surface area contributed by atoms with Gasteiger partial charge in [0.1, 0.15) is 12.7 Å². The van der Waals surface area contributed by atoms with E-state index in [2.05, 4.69) is 20.6 Å². The summed E-state index contributed by atoms with van der Waals surface area (Å²) in [6, 6.07) is 13.4. The summed E-state index contributed by atoms with van der Waals surface area (Å²) in [5.41, 5.74) is 4.86. The number of nitrogens with zero attached hydrogens (tertiary/aromatic N) is 4. The third-order valence-electron chi connectivity index (χ3n) is 3.38. The fraction of sp³-hybridized carbons (Fsp3) is 0. The molecular formula is C16H11N5OS. The van der Waals surface area contributed by atoms with Crippen LogP contribution in [0, 0.1) is 0 Å². The SMILES string of the molecule is O=C(Nn1cnnc1)c1cc(-c2cccs2)nc2ccccc12. The minimum absolute atomic E-state index is 0.235. The predicted molar refractivity (Wildman–Crippen MR) is 88.8 cm³/mol. The van der Waals surface area contributed by atoms with E-state index in [1.165, 1.54) is 17.3 Å². The van der Waals surface area contributed by atoms with Crippen molar-refractivity contribution in [2.75, 3.05) is 5.43 Å². The molecular weight excluding hydrogens is 310 g/mol. The average Bonchev–Trinajstić information content (AvgIpc) is 3.27. The molecule has 112 valence electrons. The van der Waals surface area contributed by atoms with Crippen LogP contribution in [0.3, 0.4) is 0 Å². The van der Waals surface area contributed by atoms with Gasteiger partial charge >= 0.3 is 0 Å². The second-order valence-corrected chi connectivity index (χ2v) is 5.81. The van der Waals surface area contributed by atoms with Gasteiger partial charge in [0, 0.05) is 5.39 Å². The first-order valence-electron chi connectivity index (χ1n) is 6.91. The van der Waals surface area contributed by atoms with Crippen molar-refractivity contribution in [1.29, 1.82) is 0 Å². The van der Waals surface area contributed by atoms with Crippen LogP contribution in [-0.2, 0) is 0 Å². The highest BCUT2D eigenvalue weighted by Gasteiger charge is 2.14. The van der Waals surface area contributed by atoms with Gasteiger partial charge in [-0.2, -0.15) is 0 Å². The zero-order valence-electron chi connectivity index (χ0n) is 11.9. The van der Waals surface area contributed by atoms with Gasteiger partial charge in [-0.05, 0) is 23.6 Å². The van der Waals surface area contributed by atoms with Gasteiger partial charge in [0.25, 0.3) is 5.91 Å². The molecule has 0 unspecified atom stereocenters. The van der Waals surface area contributed by atoms with Crippen molar-refractivity contribution < 1.29 is 4.79 Å². The Morgan fingerprint density at radius 3 is 2.70 bits per heavy atom. The lowest BCUT2D eigenvalue weighted by molar-refractivity contribution is 0.101. The molecule has 1 amide bonds. The molecule has 0 bridgehead atoms. The Labute approximate surface area is 135 Å². The van der Waals surface area contributed by atoms with Gasteiger partial charge in [0.2, 0.25) is 0 Å². The molecule has 0 radical (unpaired) electrons. The van der Waals surface area contributed by atoms with E-state index < -0.39 is 0 Å². The molecule has 7 heteroatoms. The fourth-order valence-corrected chi connectivity index (χ4v) is 3.04. The lowest BCUT2D eigenvalue weighted by atomic mass is 10.1. The van der Waals surface area contributed by atoms with Gasteiger partial charge < -0.3 is 0 Å². The van der Waals surface area contributed by atoms with Crippen LogP contribution in [0.5, 0.6) is 0 Å². The number of benzene rings is 1. The summed E-state index contributed by atoms with van der Waals surface area (Å²) in [7, 11) is 0. The van der Waals surface area contributed by atoms with Crippen LogP contribution < -0.4 is 5.43 Å². The monoisotopic (exact) mass is 321 g/mol. The summed E-state index contributed by atoms with van der Waals surface area (Å²) in [6.07, 6.45) is 2.86. The Kier molecular flexibility index (Phi) is 3.32. The van der Waals surface area contributed by atoms with Crippen LogP contribution in [0.4, 0.5) is 0 Å². The normalized spacial score (nSPS) is 10.8. The molecule has 1 N–H and O–H groups in total. The molecule has 0 fully saturated rings. The van der Waals surface area contributed by atoms with Gasteiger partial charge in [-0.25, -0.2) is 9.66 Å². The molecule has 0 saturated heterocycles. The topological polar surface area (TPSA) is 72.7 Å². The summed E-state index contributed by atoms with van der Waals surface area (Å²) < 4.78 is 1.42. The highest BCUT2D eigenvalue weighted by atomic mass is 32.1. The summed E-state index contributed by atoms with van der Waals surface area (Å²) >= 11 is 1.59. The number of para-hydroxylation sites is 1. The van der Waals surface area contributed by atoms with Crippen LogP contribution in [0.25, 0.3) is 21.5 Å². The third kappa shape index (κ3) is 2.58. The van der Waals surface area contributed by atoms with E-state index in [-0.39, 0.29) is 5.91 Å². The maximum atomic E-state index is 12.6. The lowest BCUT2D eigenvalue weighted by Gasteiger charge is -2.09.